The third-order valence-electron chi connectivity index (χ3n) is 3.71. The van der Waals surface area contributed by atoms with Crippen LogP contribution in [0, 0.1) is 0 Å². The Balaban J connectivity index is 1.84. The Morgan fingerprint density at radius 3 is 2.71 bits per heavy atom. The molecule has 114 valence electrons. The van der Waals surface area contributed by atoms with E-state index in [1.807, 2.05) is 18.2 Å². The van der Waals surface area contributed by atoms with Gasteiger partial charge in [0, 0.05) is 12.6 Å². The second-order valence-corrected chi connectivity index (χ2v) is 5.00. The molecule has 2 aromatic rings. The van der Waals surface area contributed by atoms with E-state index in [1.165, 1.54) is 12.3 Å². The first-order chi connectivity index (χ1) is 10.2. The number of hydrogen-bond donors (Lipinski definition) is 0. The lowest BCUT2D eigenvalue weighted by Gasteiger charge is -2.17. The fraction of sp³-hybridized carbons (Fsp3) is 0.471. The van der Waals surface area contributed by atoms with Crippen molar-refractivity contribution in [3.05, 3.63) is 46.3 Å². The molecule has 4 heteroatoms. The smallest absolute Gasteiger partial charge is 0.192 e. The first-order valence-corrected chi connectivity index (χ1v) is 7.55. The van der Waals surface area contributed by atoms with Crippen LogP contribution in [0.15, 0.2) is 39.7 Å². The lowest BCUT2D eigenvalue weighted by atomic mass is 10.1. The number of nitrogens with zero attached hydrogens (tertiary/aromatic N) is 1. The highest BCUT2D eigenvalue weighted by atomic mass is 16.5. The molecule has 0 aliphatic carbocycles. The maximum absolute atomic E-state index is 11.8. The van der Waals surface area contributed by atoms with Gasteiger partial charge in [0.1, 0.15) is 5.58 Å². The number of ether oxygens (including phenoxy) is 1. The highest BCUT2D eigenvalue weighted by Gasteiger charge is 2.02. The standard InChI is InChI=1S/C17H23NO3/c1-3-18(4-2)9-12-20-10-7-14-5-6-17-15(13-14)16(19)8-11-21-17/h5-6,8,11,13H,3-4,7,9-10,12H2,1-2H3. The van der Waals surface area contributed by atoms with Crippen LogP contribution in [0.4, 0.5) is 0 Å². The molecule has 4 nitrogen and oxygen atoms in total. The summed E-state index contributed by atoms with van der Waals surface area (Å²) in [5.41, 5.74) is 1.73. The summed E-state index contributed by atoms with van der Waals surface area (Å²) in [6.45, 7) is 8.81. The largest absolute Gasteiger partial charge is 0.464 e. The van der Waals surface area contributed by atoms with Crippen molar-refractivity contribution in [2.24, 2.45) is 0 Å². The topological polar surface area (TPSA) is 42.7 Å². The Labute approximate surface area is 125 Å². The average Bonchev–Trinajstić information content (AvgIpc) is 2.51. The molecule has 0 radical (unpaired) electrons. The van der Waals surface area contributed by atoms with Gasteiger partial charge < -0.3 is 14.1 Å². The first kappa shape index (κ1) is 15.7. The normalized spacial score (nSPS) is 11.4. The Morgan fingerprint density at radius 1 is 1.14 bits per heavy atom. The fourth-order valence-electron chi connectivity index (χ4n) is 2.31. The molecule has 0 saturated heterocycles. The van der Waals surface area contributed by atoms with Gasteiger partial charge in [-0.1, -0.05) is 19.9 Å². The highest BCUT2D eigenvalue weighted by Crippen LogP contribution is 2.12. The number of rotatable bonds is 8. The fourth-order valence-corrected chi connectivity index (χ4v) is 2.31. The number of fused-ring (bicyclic) bond motifs is 1. The van der Waals surface area contributed by atoms with Crippen molar-refractivity contribution in [2.45, 2.75) is 20.3 Å². The number of hydrogen-bond acceptors (Lipinski definition) is 4. The summed E-state index contributed by atoms with van der Waals surface area (Å²) >= 11 is 0. The van der Waals surface area contributed by atoms with Crippen molar-refractivity contribution in [1.29, 1.82) is 0 Å². The molecule has 0 aliphatic heterocycles. The van der Waals surface area contributed by atoms with Crippen molar-refractivity contribution in [1.82, 2.24) is 4.90 Å². The van der Waals surface area contributed by atoms with Gasteiger partial charge in [-0.3, -0.25) is 4.79 Å². The van der Waals surface area contributed by atoms with Crippen LogP contribution in [0.5, 0.6) is 0 Å². The predicted molar refractivity (Wildman–Crippen MR) is 84.8 cm³/mol. The third-order valence-corrected chi connectivity index (χ3v) is 3.71. The minimum absolute atomic E-state index is 0.000511. The number of likely N-dealkylation sites (N-methyl/N-ethyl adjacent to an activating group) is 1. The maximum atomic E-state index is 11.8. The zero-order valence-corrected chi connectivity index (χ0v) is 12.8. The van der Waals surface area contributed by atoms with Crippen LogP contribution in [0.1, 0.15) is 19.4 Å². The molecule has 0 bridgehead atoms. The first-order valence-electron chi connectivity index (χ1n) is 7.55. The van der Waals surface area contributed by atoms with E-state index in [1.54, 1.807) is 0 Å². The van der Waals surface area contributed by atoms with Gasteiger partial charge in [-0.15, -0.1) is 0 Å². The Hall–Kier alpha value is -1.65. The molecule has 0 unspecified atom stereocenters. The van der Waals surface area contributed by atoms with Crippen LogP contribution < -0.4 is 5.43 Å². The van der Waals surface area contributed by atoms with Gasteiger partial charge in [0.15, 0.2) is 5.43 Å². The van der Waals surface area contributed by atoms with Crippen LogP contribution >= 0.6 is 0 Å². The molecule has 1 aromatic heterocycles. The van der Waals surface area contributed by atoms with Gasteiger partial charge in [0.2, 0.25) is 0 Å². The van der Waals surface area contributed by atoms with Crippen molar-refractivity contribution in [3.63, 3.8) is 0 Å². The second-order valence-electron chi connectivity index (χ2n) is 5.00. The minimum Gasteiger partial charge on any atom is -0.464 e. The molecule has 0 aliphatic rings. The van der Waals surface area contributed by atoms with E-state index in [2.05, 4.69) is 18.7 Å². The Bertz CT molecular complexity index is 617. The van der Waals surface area contributed by atoms with Gasteiger partial charge in [0.25, 0.3) is 0 Å². The summed E-state index contributed by atoms with van der Waals surface area (Å²) in [5, 5.41) is 0.637. The van der Waals surface area contributed by atoms with Crippen LogP contribution in [0.2, 0.25) is 0 Å². The second kappa shape index (κ2) is 7.96. The van der Waals surface area contributed by atoms with E-state index >= 15 is 0 Å². The van der Waals surface area contributed by atoms with E-state index in [0.717, 1.165) is 38.2 Å². The van der Waals surface area contributed by atoms with E-state index in [0.29, 0.717) is 17.6 Å². The molecular weight excluding hydrogens is 266 g/mol. The molecule has 0 saturated carbocycles. The van der Waals surface area contributed by atoms with Crippen molar-refractivity contribution >= 4 is 11.0 Å². The molecule has 0 fully saturated rings. The summed E-state index contributed by atoms with van der Waals surface area (Å²) in [7, 11) is 0. The molecule has 2 rings (SSSR count). The van der Waals surface area contributed by atoms with Crippen LogP contribution in [0.3, 0.4) is 0 Å². The van der Waals surface area contributed by atoms with Gasteiger partial charge in [-0.2, -0.15) is 0 Å². The van der Waals surface area contributed by atoms with Crippen molar-refractivity contribution < 1.29 is 9.15 Å². The van der Waals surface area contributed by atoms with E-state index < -0.39 is 0 Å². The molecule has 0 N–H and O–H groups in total. The minimum atomic E-state index is 0.000511. The predicted octanol–water partition coefficient (Wildman–Crippen LogP) is 2.69. The van der Waals surface area contributed by atoms with Gasteiger partial charge >= 0.3 is 0 Å². The highest BCUT2D eigenvalue weighted by molar-refractivity contribution is 5.76. The van der Waals surface area contributed by atoms with E-state index in [4.69, 9.17) is 9.15 Å². The summed E-state index contributed by atoms with van der Waals surface area (Å²) < 4.78 is 11.0. The molecular formula is C17H23NO3. The molecule has 21 heavy (non-hydrogen) atoms. The summed E-state index contributed by atoms with van der Waals surface area (Å²) in [5.74, 6) is 0. The molecule has 1 heterocycles. The zero-order valence-electron chi connectivity index (χ0n) is 12.8. The van der Waals surface area contributed by atoms with Crippen LogP contribution in [0.25, 0.3) is 11.0 Å². The van der Waals surface area contributed by atoms with Gasteiger partial charge in [0.05, 0.1) is 24.9 Å². The lowest BCUT2D eigenvalue weighted by Crippen LogP contribution is -2.27. The van der Waals surface area contributed by atoms with E-state index in [9.17, 15) is 4.79 Å². The molecule has 0 spiro atoms. The zero-order chi connectivity index (χ0) is 15.1. The Morgan fingerprint density at radius 2 is 1.95 bits per heavy atom. The third kappa shape index (κ3) is 4.41. The summed E-state index contributed by atoms with van der Waals surface area (Å²) in [6, 6.07) is 7.18. The lowest BCUT2D eigenvalue weighted by molar-refractivity contribution is 0.109. The van der Waals surface area contributed by atoms with Crippen LogP contribution in [-0.4, -0.2) is 37.7 Å². The van der Waals surface area contributed by atoms with Crippen LogP contribution in [-0.2, 0) is 11.2 Å². The van der Waals surface area contributed by atoms with Gasteiger partial charge in [-0.05, 0) is 37.2 Å². The molecule has 0 amide bonds. The summed E-state index contributed by atoms with van der Waals surface area (Å²) in [6.07, 6.45) is 2.24. The van der Waals surface area contributed by atoms with Gasteiger partial charge in [-0.25, -0.2) is 0 Å². The van der Waals surface area contributed by atoms with E-state index in [-0.39, 0.29) is 5.43 Å². The molecule has 1 aromatic carbocycles. The molecule has 0 atom stereocenters. The van der Waals surface area contributed by atoms with Crippen molar-refractivity contribution in [3.8, 4) is 0 Å². The van der Waals surface area contributed by atoms with Crippen molar-refractivity contribution in [2.75, 3.05) is 32.8 Å². The SMILES string of the molecule is CCN(CC)CCOCCc1ccc2occc(=O)c2c1. The monoisotopic (exact) mass is 289 g/mol. The summed E-state index contributed by atoms with van der Waals surface area (Å²) in [4.78, 5) is 14.1. The quantitative estimate of drug-likeness (QED) is 0.701. The average molecular weight is 289 g/mol. The number of benzene rings is 1. The Kier molecular flexibility index (Phi) is 5.96. The maximum Gasteiger partial charge on any atom is 0.192 e.